The van der Waals surface area contributed by atoms with Gasteiger partial charge in [-0.3, -0.25) is 0 Å². The van der Waals surface area contributed by atoms with Crippen LogP contribution in [-0.2, 0) is 10.8 Å². The molecule has 2 fully saturated rings. The second-order valence-corrected chi connectivity index (χ2v) is 23.0. The highest BCUT2D eigenvalue weighted by atomic mass is 15.1. The summed E-state index contributed by atoms with van der Waals surface area (Å²) in [6, 6.07) is 101. The molecule has 0 aromatic heterocycles. The van der Waals surface area contributed by atoms with E-state index in [1.807, 2.05) is 0 Å². The molecule has 0 aliphatic heterocycles. The van der Waals surface area contributed by atoms with E-state index in [0.717, 1.165) is 22.7 Å². The van der Waals surface area contributed by atoms with Crippen LogP contribution in [0.4, 0.5) is 34.1 Å². The Morgan fingerprint density at radius 2 is 0.512 bits per heavy atom. The number of benzene rings is 12. The summed E-state index contributed by atoms with van der Waals surface area (Å²) in [6.45, 7) is 0. The number of hydrogen-bond acceptors (Lipinski definition) is 2. The highest BCUT2D eigenvalue weighted by Crippen LogP contribution is 2.62. The number of rotatable bonds is 9. The summed E-state index contributed by atoms with van der Waals surface area (Å²) in [5.74, 6) is 0. The molecule has 0 atom stereocenters. The average molecular weight is 1030 g/mol. The quantitative estimate of drug-likeness (QED) is 0.142. The Balaban J connectivity index is 0.815. The van der Waals surface area contributed by atoms with Gasteiger partial charge in [0, 0.05) is 44.4 Å². The zero-order valence-electron chi connectivity index (χ0n) is 45.0. The van der Waals surface area contributed by atoms with Gasteiger partial charge < -0.3 is 9.80 Å². The van der Waals surface area contributed by atoms with E-state index < -0.39 is 0 Å². The minimum Gasteiger partial charge on any atom is -0.310 e. The van der Waals surface area contributed by atoms with Crippen molar-refractivity contribution in [1.29, 1.82) is 0 Å². The van der Waals surface area contributed by atoms with Gasteiger partial charge in [-0.15, -0.1) is 0 Å². The van der Waals surface area contributed by atoms with E-state index in [1.165, 1.54) is 162 Å². The third-order valence-electron chi connectivity index (χ3n) is 18.9. The molecule has 0 unspecified atom stereocenters. The lowest BCUT2D eigenvalue weighted by molar-refractivity contribution is 0.550. The summed E-state index contributed by atoms with van der Waals surface area (Å²) in [6.07, 6.45) is 9.76. The van der Waals surface area contributed by atoms with E-state index in [-0.39, 0.29) is 10.8 Å². The van der Waals surface area contributed by atoms with Crippen LogP contribution in [0, 0.1) is 0 Å². The van der Waals surface area contributed by atoms with Crippen LogP contribution in [-0.4, -0.2) is 0 Å². The Morgan fingerprint density at radius 3 is 0.850 bits per heavy atom. The summed E-state index contributed by atoms with van der Waals surface area (Å²) < 4.78 is 0. The smallest absolute Gasteiger partial charge is 0.0543 e. The van der Waals surface area contributed by atoms with Gasteiger partial charge in [0.1, 0.15) is 0 Å². The van der Waals surface area contributed by atoms with Crippen LogP contribution in [0.3, 0.4) is 0 Å². The average Bonchev–Trinajstić information content (AvgIpc) is 4.38. The maximum atomic E-state index is 2.58. The fourth-order valence-electron chi connectivity index (χ4n) is 15.3. The zero-order chi connectivity index (χ0) is 52.8. The Morgan fingerprint density at radius 1 is 0.237 bits per heavy atom. The fourth-order valence-corrected chi connectivity index (χ4v) is 15.3. The lowest BCUT2D eigenvalue weighted by Gasteiger charge is -2.31. The SMILES string of the molecule is c1ccc(-c2ccc(N(c3ccc(-c4ccc(N(c5ccc(-c6ccccc6)cc5)c5cc6c(c7ccccc57)-c5ccccc5C65CCCC5)cc4)cc3)c3cc4c(c5ccccc35)-c3ccccc3C43CCCC3)cc2)cc1. The first-order chi connectivity index (χ1) is 39.6. The lowest BCUT2D eigenvalue weighted by atomic mass is 9.76. The minimum absolute atomic E-state index is 0.0301. The van der Waals surface area contributed by atoms with Crippen molar-refractivity contribution in [2.24, 2.45) is 0 Å². The highest BCUT2D eigenvalue weighted by molar-refractivity contribution is 6.12. The molecule has 2 spiro atoms. The van der Waals surface area contributed by atoms with E-state index >= 15 is 0 Å². The third-order valence-corrected chi connectivity index (χ3v) is 18.9. The molecule has 4 aliphatic rings. The molecule has 382 valence electrons. The van der Waals surface area contributed by atoms with Crippen LogP contribution in [0.5, 0.6) is 0 Å². The number of fused-ring (bicyclic) bond motifs is 14. The van der Waals surface area contributed by atoms with Crippen molar-refractivity contribution >= 4 is 55.7 Å². The van der Waals surface area contributed by atoms with Gasteiger partial charge in [-0.25, -0.2) is 0 Å². The molecule has 2 heteroatoms. The first kappa shape index (κ1) is 46.8. The molecule has 0 heterocycles. The van der Waals surface area contributed by atoms with Crippen molar-refractivity contribution in [3.05, 3.63) is 289 Å². The van der Waals surface area contributed by atoms with Gasteiger partial charge in [-0.1, -0.05) is 232 Å². The van der Waals surface area contributed by atoms with Crippen LogP contribution < -0.4 is 9.80 Å². The molecule has 2 saturated carbocycles. The summed E-state index contributed by atoms with van der Waals surface area (Å²) in [7, 11) is 0. The van der Waals surface area contributed by atoms with Gasteiger partial charge in [0.15, 0.2) is 0 Å². The predicted molar refractivity (Wildman–Crippen MR) is 336 cm³/mol. The summed E-state index contributed by atoms with van der Waals surface area (Å²) >= 11 is 0. The van der Waals surface area contributed by atoms with Gasteiger partial charge in [-0.2, -0.15) is 0 Å². The van der Waals surface area contributed by atoms with Crippen LogP contribution in [0.2, 0.25) is 0 Å². The molecule has 0 radical (unpaired) electrons. The Kier molecular flexibility index (Phi) is 11.0. The molecule has 12 aromatic carbocycles. The molecule has 0 amide bonds. The topological polar surface area (TPSA) is 6.48 Å². The second kappa shape index (κ2) is 18.7. The van der Waals surface area contributed by atoms with Crippen molar-refractivity contribution in [3.63, 3.8) is 0 Å². The van der Waals surface area contributed by atoms with E-state index in [1.54, 1.807) is 0 Å². The van der Waals surface area contributed by atoms with Crippen molar-refractivity contribution in [2.75, 3.05) is 9.80 Å². The maximum Gasteiger partial charge on any atom is 0.0543 e. The van der Waals surface area contributed by atoms with E-state index in [4.69, 9.17) is 0 Å². The van der Waals surface area contributed by atoms with Gasteiger partial charge >= 0.3 is 0 Å². The fraction of sp³-hybridized carbons (Fsp3) is 0.128. The summed E-state index contributed by atoms with van der Waals surface area (Å²) in [5.41, 5.74) is 26.0. The standard InChI is InChI=1S/C78H60N2/c1-3-19-53(20-4-1)55-31-39-59(40-32-55)79(73-51-71-75(65-25-9-7-23-63(65)73)67-27-11-13-29-69(67)77(71)47-15-16-48-77)61-43-35-57(36-44-61)58-37-45-62(46-38-58)80(60-41-33-56(34-42-60)54-21-5-2-6-22-54)74-52-72-76(66-26-10-8-24-64(66)74)68-28-12-14-30-70(68)78(72)49-17-18-50-78/h1-14,19-46,51-52H,15-18,47-50H2. The first-order valence-electron chi connectivity index (χ1n) is 29.1. The van der Waals surface area contributed by atoms with E-state index in [9.17, 15) is 0 Å². The molecule has 0 saturated heterocycles. The van der Waals surface area contributed by atoms with Crippen molar-refractivity contribution < 1.29 is 0 Å². The molecular formula is C78H60N2. The molecule has 4 aliphatic carbocycles. The molecule has 16 rings (SSSR count). The van der Waals surface area contributed by atoms with Crippen LogP contribution in [0.1, 0.15) is 73.6 Å². The lowest BCUT2D eigenvalue weighted by Crippen LogP contribution is -2.21. The van der Waals surface area contributed by atoms with E-state index in [2.05, 4.69) is 277 Å². The van der Waals surface area contributed by atoms with Crippen molar-refractivity contribution in [2.45, 2.75) is 62.2 Å². The van der Waals surface area contributed by atoms with Crippen LogP contribution >= 0.6 is 0 Å². The number of nitrogens with zero attached hydrogens (tertiary/aromatic N) is 2. The molecular weight excluding hydrogens is 965 g/mol. The number of anilines is 6. The third kappa shape index (κ3) is 7.24. The van der Waals surface area contributed by atoms with Gasteiger partial charge in [0.05, 0.1) is 11.4 Å². The van der Waals surface area contributed by atoms with Crippen molar-refractivity contribution in [1.82, 2.24) is 0 Å². The van der Waals surface area contributed by atoms with Gasteiger partial charge in [-0.05, 0) is 175 Å². The molecule has 2 nitrogen and oxygen atoms in total. The Labute approximate surface area is 469 Å². The van der Waals surface area contributed by atoms with Crippen LogP contribution in [0.25, 0.3) is 77.2 Å². The summed E-state index contributed by atoms with van der Waals surface area (Å²) in [5, 5.41) is 5.19. The molecule has 80 heavy (non-hydrogen) atoms. The monoisotopic (exact) mass is 1020 g/mol. The summed E-state index contributed by atoms with van der Waals surface area (Å²) in [4.78, 5) is 5.04. The minimum atomic E-state index is 0.0301. The Hall–Kier alpha value is -9.24. The molecule has 12 aromatic rings. The largest absolute Gasteiger partial charge is 0.310 e. The highest BCUT2D eigenvalue weighted by Gasteiger charge is 2.47. The zero-order valence-corrected chi connectivity index (χ0v) is 45.0. The molecule has 0 N–H and O–H groups in total. The van der Waals surface area contributed by atoms with Gasteiger partial charge in [0.2, 0.25) is 0 Å². The van der Waals surface area contributed by atoms with E-state index in [0.29, 0.717) is 0 Å². The number of hydrogen-bond donors (Lipinski definition) is 0. The van der Waals surface area contributed by atoms with Crippen LogP contribution in [0.15, 0.2) is 267 Å². The van der Waals surface area contributed by atoms with Crippen molar-refractivity contribution in [3.8, 4) is 55.6 Å². The normalized spacial score (nSPS) is 15.1. The second-order valence-electron chi connectivity index (χ2n) is 23.0. The molecule has 0 bridgehead atoms. The Bertz CT molecular complexity index is 4030. The predicted octanol–water partition coefficient (Wildman–Crippen LogP) is 21.6. The van der Waals surface area contributed by atoms with Gasteiger partial charge in [0.25, 0.3) is 0 Å². The first-order valence-corrected chi connectivity index (χ1v) is 29.1. The maximum absolute atomic E-state index is 2.58.